The second-order valence-electron chi connectivity index (χ2n) is 2.54. The molecule has 2 N–H and O–H groups in total. The molecule has 0 aliphatic carbocycles. The van der Waals surface area contributed by atoms with E-state index in [1.165, 1.54) is 0 Å². The minimum atomic E-state index is 0.426. The molecule has 0 spiro atoms. The topological polar surface area (TPSA) is 26.0 Å². The molecular formula is C9H15N. The number of hydrogen-bond acceptors (Lipinski definition) is 1. The summed E-state index contributed by atoms with van der Waals surface area (Å²) in [5.41, 5.74) is 7.21. The van der Waals surface area contributed by atoms with Crippen LogP contribution in [0.3, 0.4) is 0 Å². The highest BCUT2D eigenvalue weighted by atomic mass is 14.6. The van der Waals surface area contributed by atoms with E-state index in [0.29, 0.717) is 11.6 Å². The van der Waals surface area contributed by atoms with Crippen molar-refractivity contribution in [2.45, 2.75) is 13.8 Å². The fourth-order valence-electron chi connectivity index (χ4n) is 0.797. The lowest BCUT2D eigenvalue weighted by Crippen LogP contribution is -2.04. The van der Waals surface area contributed by atoms with Gasteiger partial charge in [-0.1, -0.05) is 39.2 Å². The molecule has 0 fully saturated rings. The van der Waals surface area contributed by atoms with Crippen LogP contribution in [-0.4, -0.2) is 0 Å². The van der Waals surface area contributed by atoms with Crippen molar-refractivity contribution in [2.75, 3.05) is 0 Å². The molecule has 0 radical (unpaired) electrons. The Morgan fingerprint density at radius 3 is 2.10 bits per heavy atom. The highest BCUT2D eigenvalue weighted by Crippen LogP contribution is 2.13. The van der Waals surface area contributed by atoms with Gasteiger partial charge in [0.1, 0.15) is 0 Å². The van der Waals surface area contributed by atoms with Crippen LogP contribution in [0.1, 0.15) is 13.8 Å². The van der Waals surface area contributed by atoms with Crippen molar-refractivity contribution < 1.29 is 0 Å². The fraction of sp³-hybridized carbons (Fsp3) is 0.333. The first-order valence-electron chi connectivity index (χ1n) is 3.37. The van der Waals surface area contributed by atoms with Crippen molar-refractivity contribution >= 4 is 0 Å². The Balaban J connectivity index is 4.41. The number of rotatable bonds is 3. The molecule has 0 heterocycles. The van der Waals surface area contributed by atoms with Gasteiger partial charge in [-0.3, -0.25) is 0 Å². The van der Waals surface area contributed by atoms with E-state index in [1.54, 1.807) is 6.08 Å². The Hall–Kier alpha value is -0.980. The molecule has 0 aliphatic heterocycles. The van der Waals surface area contributed by atoms with Crippen LogP contribution in [0.25, 0.3) is 0 Å². The van der Waals surface area contributed by atoms with Crippen molar-refractivity contribution in [1.29, 1.82) is 0 Å². The van der Waals surface area contributed by atoms with Gasteiger partial charge in [-0.25, -0.2) is 0 Å². The summed E-state index contributed by atoms with van der Waals surface area (Å²) in [6.45, 7) is 11.4. The van der Waals surface area contributed by atoms with Crippen LogP contribution in [0.2, 0.25) is 0 Å². The summed E-state index contributed by atoms with van der Waals surface area (Å²) in [7, 11) is 0. The second-order valence-corrected chi connectivity index (χ2v) is 2.54. The summed E-state index contributed by atoms with van der Waals surface area (Å²) in [6, 6.07) is 0. The summed E-state index contributed by atoms with van der Waals surface area (Å²) in [4.78, 5) is 0. The van der Waals surface area contributed by atoms with E-state index < -0.39 is 0 Å². The third-order valence-electron chi connectivity index (χ3n) is 1.29. The zero-order chi connectivity index (χ0) is 8.15. The van der Waals surface area contributed by atoms with Gasteiger partial charge in [-0.2, -0.15) is 0 Å². The van der Waals surface area contributed by atoms with Crippen LogP contribution in [0, 0.1) is 5.92 Å². The van der Waals surface area contributed by atoms with Gasteiger partial charge in [0.25, 0.3) is 0 Å². The Bertz CT molecular complexity index is 164. The zero-order valence-electron chi connectivity index (χ0n) is 6.72. The maximum absolute atomic E-state index is 5.51. The second kappa shape index (κ2) is 3.94. The molecule has 1 heteroatoms. The van der Waals surface area contributed by atoms with E-state index in [9.17, 15) is 0 Å². The molecule has 56 valence electrons. The maximum Gasteiger partial charge on any atom is 0.0276 e. The minimum absolute atomic E-state index is 0.426. The Morgan fingerprint density at radius 2 is 2.00 bits per heavy atom. The molecule has 0 aromatic heterocycles. The van der Waals surface area contributed by atoms with Crippen molar-refractivity contribution in [3.05, 3.63) is 36.6 Å². The van der Waals surface area contributed by atoms with Gasteiger partial charge < -0.3 is 5.73 Å². The molecule has 0 aliphatic rings. The van der Waals surface area contributed by atoms with E-state index in [-0.39, 0.29) is 0 Å². The summed E-state index contributed by atoms with van der Waals surface area (Å²) in [6.07, 6.45) is 3.63. The molecule has 0 unspecified atom stereocenters. The zero-order valence-corrected chi connectivity index (χ0v) is 6.72. The first-order chi connectivity index (χ1) is 4.59. The lowest BCUT2D eigenvalue weighted by molar-refractivity contribution is 0.776. The molecule has 0 aromatic rings. The molecule has 10 heavy (non-hydrogen) atoms. The monoisotopic (exact) mass is 137 g/mol. The number of allylic oxidation sites excluding steroid dienone is 3. The Kier molecular flexibility index (Phi) is 3.55. The molecule has 0 saturated carbocycles. The van der Waals surface area contributed by atoms with E-state index in [1.807, 2.05) is 6.08 Å². The summed E-state index contributed by atoms with van der Waals surface area (Å²) < 4.78 is 0. The first kappa shape index (κ1) is 9.02. The number of nitrogens with two attached hydrogens (primary N) is 1. The van der Waals surface area contributed by atoms with Gasteiger partial charge in [0.15, 0.2) is 0 Å². The molecule has 0 bridgehead atoms. The van der Waals surface area contributed by atoms with E-state index in [2.05, 4.69) is 27.0 Å². The lowest BCUT2D eigenvalue weighted by Gasteiger charge is -2.08. The van der Waals surface area contributed by atoms with Gasteiger partial charge >= 0.3 is 0 Å². The Morgan fingerprint density at radius 1 is 1.50 bits per heavy atom. The largest absolute Gasteiger partial charge is 0.399 e. The molecular weight excluding hydrogens is 122 g/mol. The summed E-state index contributed by atoms with van der Waals surface area (Å²) in [5, 5.41) is 0. The molecule has 0 amide bonds. The summed E-state index contributed by atoms with van der Waals surface area (Å²) in [5.74, 6) is 0.426. The van der Waals surface area contributed by atoms with Crippen molar-refractivity contribution in [3.8, 4) is 0 Å². The van der Waals surface area contributed by atoms with Crippen LogP contribution >= 0.6 is 0 Å². The van der Waals surface area contributed by atoms with Crippen LogP contribution < -0.4 is 5.73 Å². The van der Waals surface area contributed by atoms with Crippen molar-refractivity contribution in [2.24, 2.45) is 11.7 Å². The summed E-state index contributed by atoms with van der Waals surface area (Å²) >= 11 is 0. The van der Waals surface area contributed by atoms with Crippen LogP contribution in [-0.2, 0) is 0 Å². The SMILES string of the molecule is C=C/C=C(\C(=C)N)C(C)C. The van der Waals surface area contributed by atoms with Gasteiger partial charge in [-0.15, -0.1) is 0 Å². The Labute approximate surface area is 62.9 Å². The van der Waals surface area contributed by atoms with Crippen molar-refractivity contribution in [3.63, 3.8) is 0 Å². The van der Waals surface area contributed by atoms with Crippen LogP contribution in [0.4, 0.5) is 0 Å². The van der Waals surface area contributed by atoms with Gasteiger partial charge in [-0.05, 0) is 11.5 Å². The first-order valence-corrected chi connectivity index (χ1v) is 3.37. The molecule has 0 aromatic carbocycles. The number of hydrogen-bond donors (Lipinski definition) is 1. The fourth-order valence-corrected chi connectivity index (χ4v) is 0.797. The predicted molar refractivity (Wildman–Crippen MR) is 46.4 cm³/mol. The third kappa shape index (κ3) is 2.53. The van der Waals surface area contributed by atoms with E-state index in [4.69, 9.17) is 5.73 Å². The molecule has 0 atom stereocenters. The maximum atomic E-state index is 5.51. The van der Waals surface area contributed by atoms with Gasteiger partial charge in [0.2, 0.25) is 0 Å². The molecule has 0 rings (SSSR count). The quantitative estimate of drug-likeness (QED) is 0.593. The minimum Gasteiger partial charge on any atom is -0.399 e. The molecule has 0 saturated heterocycles. The third-order valence-corrected chi connectivity index (χ3v) is 1.29. The average Bonchev–Trinajstić information content (AvgIpc) is 1.81. The van der Waals surface area contributed by atoms with E-state index in [0.717, 1.165) is 5.57 Å². The normalized spacial score (nSPS) is 11.7. The van der Waals surface area contributed by atoms with Gasteiger partial charge in [0, 0.05) is 5.70 Å². The predicted octanol–water partition coefficient (Wildman–Crippen LogP) is 2.23. The van der Waals surface area contributed by atoms with Crippen LogP contribution in [0.5, 0.6) is 0 Å². The van der Waals surface area contributed by atoms with E-state index >= 15 is 0 Å². The van der Waals surface area contributed by atoms with Crippen LogP contribution in [0.15, 0.2) is 36.6 Å². The highest BCUT2D eigenvalue weighted by molar-refractivity contribution is 5.29. The smallest absolute Gasteiger partial charge is 0.0276 e. The van der Waals surface area contributed by atoms with Crippen molar-refractivity contribution in [1.82, 2.24) is 0 Å². The lowest BCUT2D eigenvalue weighted by atomic mass is 10.0. The standard InChI is InChI=1S/C9H15N/c1-5-6-9(7(2)3)8(4)10/h5-7H,1,4,10H2,2-3H3/b9-6-. The molecule has 1 nitrogen and oxygen atoms in total. The van der Waals surface area contributed by atoms with Gasteiger partial charge in [0.05, 0.1) is 0 Å². The highest BCUT2D eigenvalue weighted by Gasteiger charge is 2.01. The average molecular weight is 137 g/mol.